The van der Waals surface area contributed by atoms with E-state index in [1.54, 1.807) is 0 Å². The molecule has 0 bridgehead atoms. The van der Waals surface area contributed by atoms with Gasteiger partial charge in [0.1, 0.15) is 0 Å². The van der Waals surface area contributed by atoms with Gasteiger partial charge in [0, 0.05) is 23.6 Å². The van der Waals surface area contributed by atoms with Crippen LogP contribution in [0.5, 0.6) is 0 Å². The minimum absolute atomic E-state index is 0.839. The molecule has 70 valence electrons. The van der Waals surface area contributed by atoms with Crippen molar-refractivity contribution in [2.45, 2.75) is 31.3 Å². The van der Waals surface area contributed by atoms with Crippen LogP contribution in [-0.4, -0.2) is 35.1 Å². The largest absolute Gasteiger partial charge is 0.310 e. The molecule has 0 aromatic carbocycles. The van der Waals surface area contributed by atoms with Crippen molar-refractivity contribution in [3.8, 4) is 0 Å². The lowest BCUT2D eigenvalue weighted by molar-refractivity contribution is 0.430. The summed E-state index contributed by atoms with van der Waals surface area (Å²) >= 11 is 4.20. The molecule has 0 aromatic heterocycles. The highest BCUT2D eigenvalue weighted by Crippen LogP contribution is 2.22. The monoisotopic (exact) mass is 203 g/mol. The van der Waals surface area contributed by atoms with Crippen LogP contribution < -0.4 is 5.32 Å². The van der Waals surface area contributed by atoms with E-state index >= 15 is 0 Å². The molecule has 1 N–H and O–H groups in total. The Balaban J connectivity index is 1.69. The molecule has 2 fully saturated rings. The van der Waals surface area contributed by atoms with E-state index in [-0.39, 0.29) is 0 Å². The van der Waals surface area contributed by atoms with E-state index in [0.29, 0.717) is 0 Å². The van der Waals surface area contributed by atoms with Crippen molar-refractivity contribution in [3.05, 3.63) is 0 Å². The Morgan fingerprint density at radius 1 is 0.917 bits per heavy atom. The number of nitrogens with one attached hydrogen (secondary N) is 1. The van der Waals surface area contributed by atoms with Crippen LogP contribution in [0.25, 0.3) is 0 Å². The molecule has 0 radical (unpaired) electrons. The van der Waals surface area contributed by atoms with E-state index in [2.05, 4.69) is 28.8 Å². The van der Waals surface area contributed by atoms with E-state index in [4.69, 9.17) is 0 Å². The predicted octanol–water partition coefficient (Wildman–Crippen LogP) is 1.98. The SMILES string of the molecule is C1CSCCC(NC2CSC2)C1. The number of thioether (sulfide) groups is 2. The fraction of sp³-hybridized carbons (Fsp3) is 1.00. The van der Waals surface area contributed by atoms with Gasteiger partial charge in [0.05, 0.1) is 0 Å². The Bertz CT molecular complexity index is 128. The van der Waals surface area contributed by atoms with Crippen molar-refractivity contribution in [3.63, 3.8) is 0 Å². The van der Waals surface area contributed by atoms with Gasteiger partial charge in [-0.25, -0.2) is 0 Å². The Kier molecular flexibility index (Phi) is 3.67. The molecule has 3 heteroatoms. The van der Waals surface area contributed by atoms with Crippen molar-refractivity contribution in [1.29, 1.82) is 0 Å². The van der Waals surface area contributed by atoms with E-state index in [0.717, 1.165) is 12.1 Å². The summed E-state index contributed by atoms with van der Waals surface area (Å²) in [5.74, 6) is 5.46. The molecule has 1 unspecified atom stereocenters. The molecule has 0 amide bonds. The third-order valence-electron chi connectivity index (χ3n) is 2.56. The first-order valence-electron chi connectivity index (χ1n) is 4.87. The molecule has 2 aliphatic heterocycles. The van der Waals surface area contributed by atoms with Gasteiger partial charge in [-0.15, -0.1) is 0 Å². The van der Waals surface area contributed by atoms with Crippen LogP contribution in [0.4, 0.5) is 0 Å². The maximum absolute atomic E-state index is 3.76. The highest BCUT2D eigenvalue weighted by Gasteiger charge is 2.21. The summed E-state index contributed by atoms with van der Waals surface area (Å²) in [5.41, 5.74) is 0. The zero-order valence-electron chi connectivity index (χ0n) is 7.42. The third-order valence-corrected chi connectivity index (χ3v) is 4.94. The molecular weight excluding hydrogens is 186 g/mol. The molecule has 1 atom stereocenters. The molecule has 0 spiro atoms. The van der Waals surface area contributed by atoms with Gasteiger partial charge in [-0.1, -0.05) is 0 Å². The average molecular weight is 203 g/mol. The molecule has 2 heterocycles. The van der Waals surface area contributed by atoms with Crippen molar-refractivity contribution in [2.24, 2.45) is 0 Å². The normalized spacial score (nSPS) is 32.5. The first-order chi connectivity index (χ1) is 5.95. The molecule has 0 aromatic rings. The van der Waals surface area contributed by atoms with Crippen molar-refractivity contribution >= 4 is 23.5 Å². The summed E-state index contributed by atoms with van der Waals surface area (Å²) in [4.78, 5) is 0. The highest BCUT2D eigenvalue weighted by atomic mass is 32.2. The second-order valence-corrected chi connectivity index (χ2v) is 5.94. The lowest BCUT2D eigenvalue weighted by Gasteiger charge is -2.30. The molecule has 1 nitrogen and oxygen atoms in total. The van der Waals surface area contributed by atoms with E-state index in [1.165, 1.54) is 42.3 Å². The van der Waals surface area contributed by atoms with Crippen molar-refractivity contribution < 1.29 is 0 Å². The van der Waals surface area contributed by atoms with Crippen LogP contribution in [-0.2, 0) is 0 Å². The molecule has 0 saturated carbocycles. The zero-order valence-corrected chi connectivity index (χ0v) is 9.05. The standard InChI is InChI=1S/C9H17NS2/c1-2-8(3-5-11-4-1)10-9-6-12-7-9/h8-10H,1-7H2. The van der Waals surface area contributed by atoms with Crippen LogP contribution >= 0.6 is 23.5 Å². The summed E-state index contributed by atoms with van der Waals surface area (Å²) in [6, 6.07) is 1.69. The van der Waals surface area contributed by atoms with Gasteiger partial charge in [-0.3, -0.25) is 0 Å². The first kappa shape index (κ1) is 9.22. The van der Waals surface area contributed by atoms with Crippen LogP contribution in [0.15, 0.2) is 0 Å². The predicted molar refractivity (Wildman–Crippen MR) is 59.2 cm³/mol. The van der Waals surface area contributed by atoms with Crippen molar-refractivity contribution in [1.82, 2.24) is 5.32 Å². The van der Waals surface area contributed by atoms with Gasteiger partial charge in [-0.05, 0) is 30.8 Å². The van der Waals surface area contributed by atoms with Gasteiger partial charge in [0.25, 0.3) is 0 Å². The molecule has 0 aliphatic carbocycles. The van der Waals surface area contributed by atoms with Gasteiger partial charge in [-0.2, -0.15) is 23.5 Å². The first-order valence-corrected chi connectivity index (χ1v) is 7.17. The number of rotatable bonds is 2. The second kappa shape index (κ2) is 4.77. The lowest BCUT2D eigenvalue weighted by atomic mass is 10.1. The highest BCUT2D eigenvalue weighted by molar-refractivity contribution is 8.00. The van der Waals surface area contributed by atoms with Crippen LogP contribution in [0.2, 0.25) is 0 Å². The van der Waals surface area contributed by atoms with E-state index in [1.807, 2.05) is 0 Å². The quantitative estimate of drug-likeness (QED) is 0.737. The minimum Gasteiger partial charge on any atom is -0.310 e. The average Bonchev–Trinajstić information content (AvgIpc) is 2.24. The van der Waals surface area contributed by atoms with Crippen LogP contribution in [0.3, 0.4) is 0 Å². The van der Waals surface area contributed by atoms with Gasteiger partial charge in [0.2, 0.25) is 0 Å². The summed E-state index contributed by atoms with van der Waals surface area (Å²) in [6.07, 6.45) is 4.22. The molecular formula is C9H17NS2. The van der Waals surface area contributed by atoms with Gasteiger partial charge < -0.3 is 5.32 Å². The summed E-state index contributed by atoms with van der Waals surface area (Å²) in [5, 5.41) is 3.76. The van der Waals surface area contributed by atoms with Crippen molar-refractivity contribution in [2.75, 3.05) is 23.0 Å². The fourth-order valence-corrected chi connectivity index (χ4v) is 3.43. The summed E-state index contributed by atoms with van der Waals surface area (Å²) in [7, 11) is 0. The Labute approximate surface area is 83.4 Å². The fourth-order valence-electron chi connectivity index (χ4n) is 1.74. The van der Waals surface area contributed by atoms with Crippen LogP contribution in [0.1, 0.15) is 19.3 Å². The topological polar surface area (TPSA) is 12.0 Å². The number of hydrogen-bond acceptors (Lipinski definition) is 3. The Morgan fingerprint density at radius 3 is 2.58 bits per heavy atom. The molecule has 2 saturated heterocycles. The van der Waals surface area contributed by atoms with E-state index in [9.17, 15) is 0 Å². The molecule has 12 heavy (non-hydrogen) atoms. The van der Waals surface area contributed by atoms with Crippen LogP contribution in [0, 0.1) is 0 Å². The smallest absolute Gasteiger partial charge is 0.0251 e. The summed E-state index contributed by atoms with van der Waals surface area (Å²) in [6.45, 7) is 0. The lowest BCUT2D eigenvalue weighted by Crippen LogP contribution is -2.46. The maximum atomic E-state index is 3.76. The number of hydrogen-bond donors (Lipinski definition) is 1. The van der Waals surface area contributed by atoms with Gasteiger partial charge >= 0.3 is 0 Å². The molecule has 2 rings (SSSR count). The minimum atomic E-state index is 0.839. The summed E-state index contributed by atoms with van der Waals surface area (Å²) < 4.78 is 0. The zero-order chi connectivity index (χ0) is 8.23. The van der Waals surface area contributed by atoms with Gasteiger partial charge in [0.15, 0.2) is 0 Å². The van der Waals surface area contributed by atoms with E-state index < -0.39 is 0 Å². The second-order valence-electron chi connectivity index (χ2n) is 3.64. The molecule has 2 aliphatic rings. The maximum Gasteiger partial charge on any atom is 0.0251 e. The third kappa shape index (κ3) is 2.57. The Morgan fingerprint density at radius 2 is 1.83 bits per heavy atom. The Hall–Kier alpha value is 0.660.